The molecule has 0 saturated carbocycles. The van der Waals surface area contributed by atoms with E-state index in [2.05, 4.69) is 9.72 Å². The number of anilines is 1. The Bertz CT molecular complexity index is 758. The lowest BCUT2D eigenvalue weighted by atomic mass is 9.91. The lowest BCUT2D eigenvalue weighted by Crippen LogP contribution is -2.50. The third-order valence-corrected chi connectivity index (χ3v) is 4.85. The van der Waals surface area contributed by atoms with Crippen LogP contribution in [0.1, 0.15) is 12.8 Å². The fourth-order valence-corrected chi connectivity index (χ4v) is 3.24. The first-order valence-electron chi connectivity index (χ1n) is 7.25. The zero-order valence-electron chi connectivity index (χ0n) is 12.6. The standard InChI is InChI=1S/C16H16Cl2N2O3/c1-23-15(21)16(22)6-8-20(9-7-16)13-5-2-10-11(17)3-4-12(18)14(10)19-13/h2-5,22H,6-9H2,1H3. The molecule has 0 atom stereocenters. The van der Waals surface area contributed by atoms with Crippen LogP contribution < -0.4 is 4.90 Å². The van der Waals surface area contributed by atoms with Crippen LogP contribution in [-0.4, -0.2) is 41.9 Å². The van der Waals surface area contributed by atoms with Crippen LogP contribution in [0.5, 0.6) is 0 Å². The number of hydrogen-bond acceptors (Lipinski definition) is 5. The zero-order valence-corrected chi connectivity index (χ0v) is 14.1. The second kappa shape index (κ2) is 6.15. The van der Waals surface area contributed by atoms with Crippen molar-refractivity contribution in [2.24, 2.45) is 0 Å². The summed E-state index contributed by atoms with van der Waals surface area (Å²) in [5, 5.41) is 12.2. The van der Waals surface area contributed by atoms with E-state index < -0.39 is 11.6 Å². The third-order valence-electron chi connectivity index (χ3n) is 4.22. The van der Waals surface area contributed by atoms with Crippen molar-refractivity contribution >= 4 is 45.9 Å². The molecule has 2 aromatic rings. The lowest BCUT2D eigenvalue weighted by molar-refractivity contribution is -0.164. The van der Waals surface area contributed by atoms with Gasteiger partial charge in [-0.3, -0.25) is 0 Å². The Morgan fingerprint density at radius 1 is 1.22 bits per heavy atom. The first kappa shape index (κ1) is 16.3. The van der Waals surface area contributed by atoms with Crippen molar-refractivity contribution in [1.82, 2.24) is 4.98 Å². The molecule has 0 bridgehead atoms. The Hall–Kier alpha value is -1.56. The summed E-state index contributed by atoms with van der Waals surface area (Å²) in [5.41, 5.74) is -0.770. The second-order valence-electron chi connectivity index (χ2n) is 5.61. The van der Waals surface area contributed by atoms with Crippen LogP contribution in [0.4, 0.5) is 5.82 Å². The van der Waals surface area contributed by atoms with E-state index in [-0.39, 0.29) is 0 Å². The molecule has 1 fully saturated rings. The summed E-state index contributed by atoms with van der Waals surface area (Å²) in [6.45, 7) is 1.00. The van der Waals surface area contributed by atoms with Gasteiger partial charge in [0.2, 0.25) is 0 Å². The van der Waals surface area contributed by atoms with Gasteiger partial charge in [-0.1, -0.05) is 23.2 Å². The molecular weight excluding hydrogens is 339 g/mol. The number of carbonyl (C=O) groups excluding carboxylic acids is 1. The number of fused-ring (bicyclic) bond motifs is 1. The van der Waals surface area contributed by atoms with E-state index in [4.69, 9.17) is 23.2 Å². The van der Waals surface area contributed by atoms with Crippen LogP contribution >= 0.6 is 23.2 Å². The first-order chi connectivity index (χ1) is 10.9. The molecule has 1 aromatic carbocycles. The highest BCUT2D eigenvalue weighted by atomic mass is 35.5. The summed E-state index contributed by atoms with van der Waals surface area (Å²) in [5.74, 6) is 0.159. The fourth-order valence-electron chi connectivity index (χ4n) is 2.81. The van der Waals surface area contributed by atoms with Crippen molar-refractivity contribution in [3.63, 3.8) is 0 Å². The number of piperidine rings is 1. The highest BCUT2D eigenvalue weighted by Crippen LogP contribution is 2.32. The molecule has 1 aliphatic rings. The maximum absolute atomic E-state index is 11.7. The fraction of sp³-hybridized carbons (Fsp3) is 0.375. The number of esters is 1. The van der Waals surface area contributed by atoms with E-state index in [9.17, 15) is 9.90 Å². The van der Waals surface area contributed by atoms with Gasteiger partial charge < -0.3 is 14.7 Å². The largest absolute Gasteiger partial charge is 0.467 e. The van der Waals surface area contributed by atoms with E-state index >= 15 is 0 Å². The summed E-state index contributed by atoms with van der Waals surface area (Å²) >= 11 is 12.4. The van der Waals surface area contributed by atoms with Gasteiger partial charge in [-0.05, 0) is 24.3 Å². The summed E-state index contributed by atoms with van der Waals surface area (Å²) in [7, 11) is 1.28. The molecule has 2 heterocycles. The predicted molar refractivity (Wildman–Crippen MR) is 90.2 cm³/mol. The number of benzene rings is 1. The zero-order chi connectivity index (χ0) is 16.6. The van der Waals surface area contributed by atoms with Crippen molar-refractivity contribution in [2.75, 3.05) is 25.1 Å². The van der Waals surface area contributed by atoms with Crippen LogP contribution in [0, 0.1) is 0 Å². The van der Waals surface area contributed by atoms with E-state index in [0.29, 0.717) is 41.5 Å². The van der Waals surface area contributed by atoms with Gasteiger partial charge in [-0.25, -0.2) is 9.78 Å². The van der Waals surface area contributed by atoms with E-state index in [1.807, 2.05) is 17.0 Å². The number of ether oxygens (including phenoxy) is 1. The minimum atomic E-state index is -1.41. The lowest BCUT2D eigenvalue weighted by Gasteiger charge is -2.36. The second-order valence-corrected chi connectivity index (χ2v) is 6.42. The van der Waals surface area contributed by atoms with Gasteiger partial charge in [0, 0.05) is 31.3 Å². The Kier molecular flexibility index (Phi) is 4.36. The first-order valence-corrected chi connectivity index (χ1v) is 8.01. The molecule has 122 valence electrons. The van der Waals surface area contributed by atoms with Gasteiger partial charge in [0.25, 0.3) is 0 Å². The van der Waals surface area contributed by atoms with Crippen molar-refractivity contribution < 1.29 is 14.6 Å². The Balaban J connectivity index is 1.85. The van der Waals surface area contributed by atoms with E-state index in [0.717, 1.165) is 11.2 Å². The van der Waals surface area contributed by atoms with E-state index in [1.54, 1.807) is 12.1 Å². The van der Waals surface area contributed by atoms with Gasteiger partial charge in [0.1, 0.15) is 5.82 Å². The maximum atomic E-state index is 11.7. The number of pyridine rings is 1. The van der Waals surface area contributed by atoms with Crippen LogP contribution in [0.2, 0.25) is 10.0 Å². The molecule has 0 radical (unpaired) electrons. The van der Waals surface area contributed by atoms with Gasteiger partial charge >= 0.3 is 5.97 Å². The smallest absolute Gasteiger partial charge is 0.337 e. The molecule has 0 aliphatic carbocycles. The molecule has 1 aromatic heterocycles. The van der Waals surface area contributed by atoms with Crippen molar-refractivity contribution in [1.29, 1.82) is 0 Å². The number of aliphatic hydroxyl groups is 1. The molecule has 5 nitrogen and oxygen atoms in total. The molecule has 3 rings (SSSR count). The van der Waals surface area contributed by atoms with E-state index in [1.165, 1.54) is 7.11 Å². The molecule has 0 unspecified atom stereocenters. The highest BCUT2D eigenvalue weighted by molar-refractivity contribution is 6.39. The van der Waals surface area contributed by atoms with Crippen LogP contribution in [0.3, 0.4) is 0 Å². The monoisotopic (exact) mass is 354 g/mol. The SMILES string of the molecule is COC(=O)C1(O)CCN(c2ccc3c(Cl)ccc(Cl)c3n2)CC1. The van der Waals surface area contributed by atoms with Gasteiger partial charge in [-0.2, -0.15) is 0 Å². The van der Waals surface area contributed by atoms with Crippen molar-refractivity contribution in [3.05, 3.63) is 34.3 Å². The molecule has 1 saturated heterocycles. The summed E-state index contributed by atoms with van der Waals surface area (Å²) in [6, 6.07) is 7.21. The molecule has 23 heavy (non-hydrogen) atoms. The molecule has 7 heteroatoms. The minimum absolute atomic E-state index is 0.294. The molecule has 1 aliphatic heterocycles. The Morgan fingerprint density at radius 3 is 2.52 bits per heavy atom. The number of aromatic nitrogens is 1. The average Bonchev–Trinajstić information content (AvgIpc) is 2.58. The maximum Gasteiger partial charge on any atom is 0.337 e. The Labute approximate surface area is 143 Å². The normalized spacial score (nSPS) is 17.3. The third kappa shape index (κ3) is 2.96. The Morgan fingerprint density at radius 2 is 1.87 bits per heavy atom. The average molecular weight is 355 g/mol. The van der Waals surface area contributed by atoms with Crippen LogP contribution in [-0.2, 0) is 9.53 Å². The quantitative estimate of drug-likeness (QED) is 0.839. The number of hydrogen-bond donors (Lipinski definition) is 1. The summed E-state index contributed by atoms with van der Waals surface area (Å²) < 4.78 is 4.67. The predicted octanol–water partition coefficient (Wildman–Crippen LogP) is 3.05. The number of halogens is 2. The molecule has 0 spiro atoms. The number of carbonyl (C=O) groups is 1. The van der Waals surface area contributed by atoms with Gasteiger partial charge in [0.05, 0.1) is 22.7 Å². The van der Waals surface area contributed by atoms with Crippen molar-refractivity contribution in [2.45, 2.75) is 18.4 Å². The van der Waals surface area contributed by atoms with Gasteiger partial charge in [-0.15, -0.1) is 0 Å². The van der Waals surface area contributed by atoms with Crippen LogP contribution in [0.25, 0.3) is 10.9 Å². The van der Waals surface area contributed by atoms with Crippen LogP contribution in [0.15, 0.2) is 24.3 Å². The number of nitrogens with zero attached hydrogens (tertiary/aromatic N) is 2. The molecular formula is C16H16Cl2N2O3. The van der Waals surface area contributed by atoms with Gasteiger partial charge in [0.15, 0.2) is 5.60 Å². The summed E-state index contributed by atoms with van der Waals surface area (Å²) in [6.07, 6.45) is 0.589. The highest BCUT2D eigenvalue weighted by Gasteiger charge is 2.40. The summed E-state index contributed by atoms with van der Waals surface area (Å²) in [4.78, 5) is 18.2. The topological polar surface area (TPSA) is 62.7 Å². The van der Waals surface area contributed by atoms with Crippen molar-refractivity contribution in [3.8, 4) is 0 Å². The number of rotatable bonds is 2. The minimum Gasteiger partial charge on any atom is -0.467 e. The molecule has 1 N–H and O–H groups in total. The molecule has 0 amide bonds. The number of methoxy groups -OCH3 is 1.